The van der Waals surface area contributed by atoms with Crippen molar-refractivity contribution in [2.24, 2.45) is 0 Å². The number of nitrogens with one attached hydrogen (secondary N) is 1. The van der Waals surface area contributed by atoms with Crippen molar-refractivity contribution in [3.8, 4) is 5.75 Å². The average molecular weight is 481 g/mol. The first-order chi connectivity index (χ1) is 16.4. The molecule has 0 aliphatic heterocycles. The Hall–Kier alpha value is -3.59. The average Bonchev–Trinajstić information content (AvgIpc) is 3.23. The monoisotopic (exact) mass is 480 g/mol. The molecule has 0 aliphatic rings. The standard InChI is InChI=1S/C25H28N4O4S/c1-5-14-29-22(15-33-19-12-10-18(11-13-19)17(2)3)27-28-25(29)34-16-23(30)26-21-9-7-6-8-20(21)24(31)32-4/h5-13,17H,1,14-16H2,2-4H3,(H,26,30). The maximum Gasteiger partial charge on any atom is 0.339 e. The highest BCUT2D eigenvalue weighted by Gasteiger charge is 2.16. The molecule has 2 aromatic carbocycles. The summed E-state index contributed by atoms with van der Waals surface area (Å²) in [6.07, 6.45) is 1.74. The molecular weight excluding hydrogens is 452 g/mol. The third kappa shape index (κ3) is 6.48. The molecule has 0 saturated carbocycles. The van der Waals surface area contributed by atoms with Crippen LogP contribution in [0.15, 0.2) is 66.3 Å². The number of para-hydroxylation sites is 1. The SMILES string of the molecule is C=CCn1c(COc2ccc(C(C)C)cc2)nnc1SCC(=O)Nc1ccccc1C(=O)OC. The van der Waals surface area contributed by atoms with E-state index in [1.54, 1.807) is 30.3 Å². The van der Waals surface area contributed by atoms with Gasteiger partial charge in [-0.15, -0.1) is 16.8 Å². The highest BCUT2D eigenvalue weighted by Crippen LogP contribution is 2.22. The number of allylic oxidation sites excluding steroid dienone is 1. The predicted molar refractivity (Wildman–Crippen MR) is 132 cm³/mol. The minimum Gasteiger partial charge on any atom is -0.486 e. The molecule has 1 heterocycles. The Labute approximate surface area is 203 Å². The topological polar surface area (TPSA) is 95.3 Å². The van der Waals surface area contributed by atoms with E-state index in [0.29, 0.717) is 34.7 Å². The third-order valence-electron chi connectivity index (χ3n) is 4.96. The molecule has 0 bridgehead atoms. The van der Waals surface area contributed by atoms with E-state index in [1.807, 2.05) is 28.8 Å². The largest absolute Gasteiger partial charge is 0.486 e. The van der Waals surface area contributed by atoms with E-state index >= 15 is 0 Å². The lowest BCUT2D eigenvalue weighted by Gasteiger charge is -2.11. The van der Waals surface area contributed by atoms with Crippen molar-refractivity contribution in [1.82, 2.24) is 14.8 Å². The molecule has 3 aromatic rings. The van der Waals surface area contributed by atoms with Crippen molar-refractivity contribution in [2.45, 2.75) is 38.1 Å². The smallest absolute Gasteiger partial charge is 0.339 e. The van der Waals surface area contributed by atoms with Gasteiger partial charge in [0.05, 0.1) is 24.1 Å². The molecule has 8 nitrogen and oxygen atoms in total. The fourth-order valence-electron chi connectivity index (χ4n) is 3.14. The van der Waals surface area contributed by atoms with Crippen LogP contribution in [0.5, 0.6) is 5.75 Å². The van der Waals surface area contributed by atoms with Gasteiger partial charge >= 0.3 is 5.97 Å². The van der Waals surface area contributed by atoms with Gasteiger partial charge in [0.2, 0.25) is 5.91 Å². The maximum absolute atomic E-state index is 12.5. The van der Waals surface area contributed by atoms with E-state index < -0.39 is 5.97 Å². The first-order valence-electron chi connectivity index (χ1n) is 10.8. The number of ether oxygens (including phenoxy) is 2. The van der Waals surface area contributed by atoms with Gasteiger partial charge in [-0.25, -0.2) is 4.79 Å². The fourth-order valence-corrected chi connectivity index (χ4v) is 3.90. The number of methoxy groups -OCH3 is 1. The van der Waals surface area contributed by atoms with Gasteiger partial charge in [-0.05, 0) is 35.7 Å². The third-order valence-corrected chi connectivity index (χ3v) is 5.93. The molecule has 178 valence electrons. The van der Waals surface area contributed by atoms with Crippen molar-refractivity contribution < 1.29 is 19.1 Å². The summed E-state index contributed by atoms with van der Waals surface area (Å²) >= 11 is 1.24. The van der Waals surface area contributed by atoms with Gasteiger partial charge in [-0.2, -0.15) is 0 Å². The Bertz CT molecular complexity index is 1140. The van der Waals surface area contributed by atoms with E-state index in [1.165, 1.54) is 24.4 Å². The molecule has 0 saturated heterocycles. The minimum absolute atomic E-state index is 0.0856. The van der Waals surface area contributed by atoms with E-state index in [9.17, 15) is 9.59 Å². The number of esters is 1. The van der Waals surface area contributed by atoms with Crippen LogP contribution in [0, 0.1) is 0 Å². The van der Waals surface area contributed by atoms with Crippen LogP contribution in [0.2, 0.25) is 0 Å². The molecule has 3 rings (SSSR count). The van der Waals surface area contributed by atoms with Crippen molar-refractivity contribution in [1.29, 1.82) is 0 Å². The van der Waals surface area contributed by atoms with Crippen molar-refractivity contribution in [3.63, 3.8) is 0 Å². The quantitative estimate of drug-likeness (QED) is 0.242. The lowest BCUT2D eigenvalue weighted by molar-refractivity contribution is -0.113. The molecule has 0 fully saturated rings. The summed E-state index contributed by atoms with van der Waals surface area (Å²) in [6, 6.07) is 14.7. The number of hydrogen-bond donors (Lipinski definition) is 1. The molecule has 1 aromatic heterocycles. The Balaban J connectivity index is 1.62. The Morgan fingerprint density at radius 3 is 2.56 bits per heavy atom. The van der Waals surface area contributed by atoms with Crippen LogP contribution in [0.3, 0.4) is 0 Å². The molecule has 34 heavy (non-hydrogen) atoms. The summed E-state index contributed by atoms with van der Waals surface area (Å²) in [6.45, 7) is 8.80. The number of rotatable bonds is 11. The second-order valence-corrected chi connectivity index (χ2v) is 8.63. The van der Waals surface area contributed by atoms with Crippen LogP contribution in [0.1, 0.15) is 41.5 Å². The lowest BCUT2D eigenvalue weighted by Crippen LogP contribution is -2.17. The molecule has 0 aliphatic carbocycles. The van der Waals surface area contributed by atoms with Crippen LogP contribution in [-0.4, -0.2) is 39.5 Å². The van der Waals surface area contributed by atoms with Gasteiger partial charge in [0.1, 0.15) is 12.4 Å². The summed E-state index contributed by atoms with van der Waals surface area (Å²) < 4.78 is 12.5. The van der Waals surface area contributed by atoms with Gasteiger partial charge in [-0.1, -0.05) is 56.0 Å². The Morgan fingerprint density at radius 2 is 1.88 bits per heavy atom. The number of anilines is 1. The molecule has 0 unspecified atom stereocenters. The number of nitrogens with zero attached hydrogens (tertiary/aromatic N) is 3. The molecule has 1 N–H and O–H groups in total. The summed E-state index contributed by atoms with van der Waals surface area (Å²) in [4.78, 5) is 24.4. The zero-order chi connectivity index (χ0) is 24.5. The molecule has 9 heteroatoms. The zero-order valence-electron chi connectivity index (χ0n) is 19.5. The van der Waals surface area contributed by atoms with Crippen LogP contribution in [0.25, 0.3) is 0 Å². The highest BCUT2D eigenvalue weighted by molar-refractivity contribution is 7.99. The molecule has 0 radical (unpaired) electrons. The number of aromatic nitrogens is 3. The first kappa shape index (κ1) is 25.0. The van der Waals surface area contributed by atoms with E-state index in [4.69, 9.17) is 9.47 Å². The van der Waals surface area contributed by atoms with Crippen LogP contribution < -0.4 is 10.1 Å². The summed E-state index contributed by atoms with van der Waals surface area (Å²) in [5, 5.41) is 11.8. The van der Waals surface area contributed by atoms with Crippen LogP contribution >= 0.6 is 11.8 Å². The van der Waals surface area contributed by atoms with Gasteiger partial charge in [0, 0.05) is 6.54 Å². The Morgan fingerprint density at radius 1 is 1.15 bits per heavy atom. The van der Waals surface area contributed by atoms with Crippen LogP contribution in [0.4, 0.5) is 5.69 Å². The van der Waals surface area contributed by atoms with Gasteiger partial charge < -0.3 is 14.8 Å². The van der Waals surface area contributed by atoms with Crippen molar-refractivity contribution >= 4 is 29.3 Å². The van der Waals surface area contributed by atoms with Crippen molar-refractivity contribution in [3.05, 3.63) is 78.1 Å². The molecule has 1 amide bonds. The second-order valence-electron chi connectivity index (χ2n) is 7.68. The Kier molecular flexibility index (Phi) is 8.86. The summed E-state index contributed by atoms with van der Waals surface area (Å²) in [5.41, 5.74) is 1.93. The second kappa shape index (κ2) is 12.0. The van der Waals surface area contributed by atoms with Gasteiger partial charge in [0.15, 0.2) is 11.0 Å². The minimum atomic E-state index is -0.516. The van der Waals surface area contributed by atoms with Crippen molar-refractivity contribution in [2.75, 3.05) is 18.2 Å². The summed E-state index contributed by atoms with van der Waals surface area (Å²) in [5.74, 6) is 1.12. The molecule has 0 atom stereocenters. The molecule has 0 spiro atoms. The first-order valence-corrected chi connectivity index (χ1v) is 11.8. The van der Waals surface area contributed by atoms with E-state index in [0.717, 1.165) is 5.75 Å². The predicted octanol–water partition coefficient (Wildman–Crippen LogP) is 4.68. The fraction of sp³-hybridized carbons (Fsp3) is 0.280. The zero-order valence-corrected chi connectivity index (χ0v) is 20.3. The number of carbonyl (C=O) groups is 2. The number of benzene rings is 2. The lowest BCUT2D eigenvalue weighted by atomic mass is 10.0. The van der Waals surface area contributed by atoms with Gasteiger partial charge in [-0.3, -0.25) is 9.36 Å². The van der Waals surface area contributed by atoms with Crippen LogP contribution in [-0.2, 0) is 22.7 Å². The normalized spacial score (nSPS) is 10.7. The maximum atomic E-state index is 12.5. The number of hydrogen-bond acceptors (Lipinski definition) is 7. The highest BCUT2D eigenvalue weighted by atomic mass is 32.2. The number of thioether (sulfide) groups is 1. The molecular formula is C25H28N4O4S. The number of amides is 1. The van der Waals surface area contributed by atoms with E-state index in [-0.39, 0.29) is 18.3 Å². The van der Waals surface area contributed by atoms with Gasteiger partial charge in [0.25, 0.3) is 0 Å². The summed E-state index contributed by atoms with van der Waals surface area (Å²) in [7, 11) is 1.30. The van der Waals surface area contributed by atoms with E-state index in [2.05, 4.69) is 35.9 Å². The number of carbonyl (C=O) groups excluding carboxylic acids is 2.